The van der Waals surface area contributed by atoms with E-state index in [9.17, 15) is 4.79 Å². The van der Waals surface area contributed by atoms with Crippen LogP contribution in [0.25, 0.3) is 0 Å². The molecule has 1 aliphatic carbocycles. The summed E-state index contributed by atoms with van der Waals surface area (Å²) in [5, 5.41) is 3.35. The standard InChI is InChI=1S/C10H18N2O/c13-10(9-3-4-9)12-7-1-5-11-6-2-8-12/h9,11H,1-8H2. The minimum absolute atomic E-state index is 0.396. The van der Waals surface area contributed by atoms with E-state index in [4.69, 9.17) is 0 Å². The predicted octanol–water partition coefficient (Wildman–Crippen LogP) is 0.608. The Morgan fingerprint density at radius 1 is 1.15 bits per heavy atom. The summed E-state index contributed by atoms with van der Waals surface area (Å²) < 4.78 is 0. The van der Waals surface area contributed by atoms with E-state index >= 15 is 0 Å². The zero-order valence-electron chi connectivity index (χ0n) is 8.09. The summed E-state index contributed by atoms with van der Waals surface area (Å²) in [6, 6.07) is 0. The normalized spacial score (nSPS) is 25.1. The highest BCUT2D eigenvalue weighted by molar-refractivity contribution is 5.81. The van der Waals surface area contributed by atoms with E-state index in [1.54, 1.807) is 0 Å². The second-order valence-electron chi connectivity index (χ2n) is 4.06. The van der Waals surface area contributed by atoms with Crippen LogP contribution >= 0.6 is 0 Å². The molecule has 0 spiro atoms. The molecule has 13 heavy (non-hydrogen) atoms. The van der Waals surface area contributed by atoms with Crippen LogP contribution in [0.4, 0.5) is 0 Å². The molecule has 0 aromatic rings. The summed E-state index contributed by atoms with van der Waals surface area (Å²) in [6.07, 6.45) is 4.48. The largest absolute Gasteiger partial charge is 0.342 e. The van der Waals surface area contributed by atoms with Crippen LogP contribution in [0, 0.1) is 5.92 Å². The maximum absolute atomic E-state index is 11.7. The number of hydrogen-bond acceptors (Lipinski definition) is 2. The Morgan fingerprint density at radius 2 is 1.77 bits per heavy atom. The second kappa shape index (κ2) is 4.09. The molecule has 0 radical (unpaired) electrons. The van der Waals surface area contributed by atoms with Crippen LogP contribution in [0.3, 0.4) is 0 Å². The Labute approximate surface area is 79.5 Å². The zero-order valence-corrected chi connectivity index (χ0v) is 8.09. The fraction of sp³-hybridized carbons (Fsp3) is 0.900. The Kier molecular flexibility index (Phi) is 2.83. The molecular weight excluding hydrogens is 164 g/mol. The van der Waals surface area contributed by atoms with Crippen LogP contribution in [-0.4, -0.2) is 37.0 Å². The van der Waals surface area contributed by atoms with E-state index < -0.39 is 0 Å². The topological polar surface area (TPSA) is 32.3 Å². The third-order valence-corrected chi connectivity index (χ3v) is 2.80. The van der Waals surface area contributed by atoms with Crippen molar-refractivity contribution in [1.29, 1.82) is 0 Å². The van der Waals surface area contributed by atoms with Crippen molar-refractivity contribution >= 4 is 5.91 Å². The first-order chi connectivity index (χ1) is 6.38. The monoisotopic (exact) mass is 182 g/mol. The molecule has 1 amide bonds. The summed E-state index contributed by atoms with van der Waals surface area (Å²) in [5.41, 5.74) is 0. The molecule has 0 unspecified atom stereocenters. The van der Waals surface area contributed by atoms with Gasteiger partial charge in [-0.05, 0) is 38.8 Å². The molecule has 0 bridgehead atoms. The lowest BCUT2D eigenvalue weighted by Gasteiger charge is -2.25. The maximum atomic E-state index is 11.7. The molecule has 0 aromatic heterocycles. The Bertz CT molecular complexity index is 181. The van der Waals surface area contributed by atoms with Crippen LogP contribution in [0.1, 0.15) is 25.7 Å². The van der Waals surface area contributed by atoms with Gasteiger partial charge in [0.2, 0.25) is 5.91 Å². The van der Waals surface area contributed by atoms with Crippen molar-refractivity contribution in [2.45, 2.75) is 25.7 Å². The fourth-order valence-electron chi connectivity index (χ4n) is 1.84. The minimum atomic E-state index is 0.396. The van der Waals surface area contributed by atoms with Gasteiger partial charge < -0.3 is 10.2 Å². The minimum Gasteiger partial charge on any atom is -0.342 e. The number of carbonyl (C=O) groups is 1. The van der Waals surface area contributed by atoms with E-state index in [-0.39, 0.29) is 0 Å². The van der Waals surface area contributed by atoms with Gasteiger partial charge in [0.05, 0.1) is 0 Å². The van der Waals surface area contributed by atoms with Crippen molar-refractivity contribution in [3.05, 3.63) is 0 Å². The van der Waals surface area contributed by atoms with E-state index in [0.717, 1.165) is 51.9 Å². The highest BCUT2D eigenvalue weighted by atomic mass is 16.2. The highest BCUT2D eigenvalue weighted by Crippen LogP contribution is 2.31. The van der Waals surface area contributed by atoms with Gasteiger partial charge in [-0.2, -0.15) is 0 Å². The Hall–Kier alpha value is -0.570. The molecule has 3 nitrogen and oxygen atoms in total. The molecular formula is C10H18N2O. The van der Waals surface area contributed by atoms with E-state index in [0.29, 0.717) is 11.8 Å². The molecule has 0 atom stereocenters. The highest BCUT2D eigenvalue weighted by Gasteiger charge is 2.33. The van der Waals surface area contributed by atoms with Crippen molar-refractivity contribution < 1.29 is 4.79 Å². The van der Waals surface area contributed by atoms with Crippen molar-refractivity contribution in [3.63, 3.8) is 0 Å². The van der Waals surface area contributed by atoms with Gasteiger partial charge in [0.1, 0.15) is 0 Å². The summed E-state index contributed by atoms with van der Waals surface area (Å²) in [6.45, 7) is 4.05. The van der Waals surface area contributed by atoms with Gasteiger partial charge in [-0.3, -0.25) is 4.79 Å². The van der Waals surface area contributed by atoms with Crippen molar-refractivity contribution in [2.24, 2.45) is 5.92 Å². The zero-order chi connectivity index (χ0) is 9.10. The maximum Gasteiger partial charge on any atom is 0.225 e. The van der Waals surface area contributed by atoms with E-state index in [1.807, 2.05) is 0 Å². The van der Waals surface area contributed by atoms with Crippen LogP contribution in [-0.2, 0) is 4.79 Å². The van der Waals surface area contributed by atoms with Crippen molar-refractivity contribution in [2.75, 3.05) is 26.2 Å². The molecule has 1 saturated heterocycles. The van der Waals surface area contributed by atoms with Gasteiger partial charge in [-0.25, -0.2) is 0 Å². The van der Waals surface area contributed by atoms with Gasteiger partial charge in [0.15, 0.2) is 0 Å². The molecule has 1 aliphatic heterocycles. The van der Waals surface area contributed by atoms with Crippen molar-refractivity contribution in [3.8, 4) is 0 Å². The number of nitrogens with zero attached hydrogens (tertiary/aromatic N) is 1. The SMILES string of the molecule is O=C(C1CC1)N1CCCNCCC1. The van der Waals surface area contributed by atoms with Gasteiger partial charge in [0, 0.05) is 19.0 Å². The van der Waals surface area contributed by atoms with Gasteiger partial charge in [-0.1, -0.05) is 0 Å². The molecule has 1 heterocycles. The number of rotatable bonds is 1. The molecule has 1 N–H and O–H groups in total. The average molecular weight is 182 g/mol. The van der Waals surface area contributed by atoms with Crippen LogP contribution in [0.15, 0.2) is 0 Å². The van der Waals surface area contributed by atoms with E-state index in [1.165, 1.54) is 0 Å². The summed E-state index contributed by atoms with van der Waals surface area (Å²) in [5.74, 6) is 0.814. The molecule has 74 valence electrons. The number of hydrogen-bond donors (Lipinski definition) is 1. The van der Waals surface area contributed by atoms with Gasteiger partial charge in [-0.15, -0.1) is 0 Å². The third-order valence-electron chi connectivity index (χ3n) is 2.80. The average Bonchev–Trinajstić information content (AvgIpc) is 2.84. The van der Waals surface area contributed by atoms with Crippen LogP contribution < -0.4 is 5.32 Å². The van der Waals surface area contributed by atoms with Crippen molar-refractivity contribution in [1.82, 2.24) is 10.2 Å². The lowest BCUT2D eigenvalue weighted by Crippen LogP contribution is -2.38. The molecule has 2 rings (SSSR count). The smallest absolute Gasteiger partial charge is 0.225 e. The quantitative estimate of drug-likeness (QED) is 0.644. The first-order valence-corrected chi connectivity index (χ1v) is 5.37. The fourth-order valence-corrected chi connectivity index (χ4v) is 1.84. The Balaban J connectivity index is 1.83. The second-order valence-corrected chi connectivity index (χ2v) is 4.06. The molecule has 2 fully saturated rings. The van der Waals surface area contributed by atoms with Gasteiger partial charge in [0.25, 0.3) is 0 Å². The number of carbonyl (C=O) groups excluding carboxylic acids is 1. The van der Waals surface area contributed by atoms with Gasteiger partial charge >= 0.3 is 0 Å². The third kappa shape index (κ3) is 2.44. The van der Waals surface area contributed by atoms with E-state index in [2.05, 4.69) is 10.2 Å². The molecule has 0 aromatic carbocycles. The first-order valence-electron chi connectivity index (χ1n) is 5.37. The molecule has 1 saturated carbocycles. The predicted molar refractivity (Wildman–Crippen MR) is 51.4 cm³/mol. The number of nitrogens with one attached hydrogen (secondary N) is 1. The summed E-state index contributed by atoms with van der Waals surface area (Å²) in [7, 11) is 0. The van der Waals surface area contributed by atoms with Crippen LogP contribution in [0.5, 0.6) is 0 Å². The molecule has 2 aliphatic rings. The Morgan fingerprint density at radius 3 is 2.31 bits per heavy atom. The lowest BCUT2D eigenvalue weighted by molar-refractivity contribution is -0.132. The summed E-state index contributed by atoms with van der Waals surface area (Å²) >= 11 is 0. The summed E-state index contributed by atoms with van der Waals surface area (Å²) in [4.78, 5) is 13.8. The van der Waals surface area contributed by atoms with Crippen LogP contribution in [0.2, 0.25) is 0 Å². The molecule has 3 heteroatoms. The number of amides is 1. The first kappa shape index (κ1) is 9.00. The lowest BCUT2D eigenvalue weighted by atomic mass is 10.2.